The van der Waals surface area contributed by atoms with Crippen molar-refractivity contribution in [2.75, 3.05) is 44.3 Å². The van der Waals surface area contributed by atoms with E-state index in [-0.39, 0.29) is 18.1 Å². The molecule has 0 fully saturated rings. The number of nitrogens with zero attached hydrogens (tertiary/aromatic N) is 2. The van der Waals surface area contributed by atoms with Gasteiger partial charge in [-0.2, -0.15) is 4.31 Å². The van der Waals surface area contributed by atoms with Crippen LogP contribution in [0.4, 0.5) is 5.69 Å². The summed E-state index contributed by atoms with van der Waals surface area (Å²) in [6, 6.07) is 5.07. The molecule has 0 aliphatic carbocycles. The summed E-state index contributed by atoms with van der Waals surface area (Å²) in [5.41, 5.74) is 1.28. The fourth-order valence-corrected chi connectivity index (χ4v) is 4.58. The van der Waals surface area contributed by atoms with Crippen LogP contribution >= 0.6 is 0 Å². The van der Waals surface area contributed by atoms with Gasteiger partial charge in [-0.15, -0.1) is 0 Å². The zero-order valence-electron chi connectivity index (χ0n) is 17.2. The average molecular weight is 415 g/mol. The molecule has 0 radical (unpaired) electrons. The van der Waals surface area contributed by atoms with Crippen LogP contribution in [0.1, 0.15) is 33.3 Å². The molecule has 8 nitrogen and oxygen atoms in total. The predicted molar refractivity (Wildman–Crippen MR) is 107 cm³/mol. The molecule has 0 N–H and O–H groups in total. The number of benzene rings is 1. The number of carbonyl (C=O) groups is 2. The normalized spacial score (nSPS) is 11.4. The van der Waals surface area contributed by atoms with Gasteiger partial charge in [0.25, 0.3) is 0 Å². The van der Waals surface area contributed by atoms with Gasteiger partial charge in [-0.05, 0) is 24.6 Å². The van der Waals surface area contributed by atoms with E-state index < -0.39 is 22.0 Å². The fraction of sp³-hybridized carbons (Fsp3) is 0.579. The summed E-state index contributed by atoms with van der Waals surface area (Å²) in [5, 5.41) is 0. The SMILES string of the molecule is CCN(CC)S(=O)(=O)c1cccc(N(CCOC(C)=O)CCOC(C)=O)c1C. The van der Waals surface area contributed by atoms with Crippen LogP contribution in [0.15, 0.2) is 23.1 Å². The second-order valence-electron chi connectivity index (χ2n) is 6.16. The molecule has 1 rings (SSSR count). The lowest BCUT2D eigenvalue weighted by molar-refractivity contribution is -0.141. The molecule has 28 heavy (non-hydrogen) atoms. The van der Waals surface area contributed by atoms with Gasteiger partial charge < -0.3 is 14.4 Å². The van der Waals surface area contributed by atoms with Crippen LogP contribution in [0.2, 0.25) is 0 Å². The third-order valence-corrected chi connectivity index (χ3v) is 6.45. The predicted octanol–water partition coefficient (Wildman–Crippen LogP) is 1.96. The highest BCUT2D eigenvalue weighted by atomic mass is 32.2. The number of rotatable bonds is 11. The Morgan fingerprint density at radius 2 is 1.46 bits per heavy atom. The Kier molecular flexibility index (Phi) is 9.40. The second-order valence-corrected chi connectivity index (χ2v) is 8.06. The van der Waals surface area contributed by atoms with E-state index in [2.05, 4.69) is 0 Å². The minimum Gasteiger partial charge on any atom is -0.464 e. The summed E-state index contributed by atoms with van der Waals surface area (Å²) in [5.74, 6) is -0.788. The minimum absolute atomic E-state index is 0.141. The van der Waals surface area contributed by atoms with E-state index in [0.717, 1.165) is 0 Å². The molecule has 0 aromatic heterocycles. The van der Waals surface area contributed by atoms with Crippen LogP contribution in [0, 0.1) is 6.92 Å². The topological polar surface area (TPSA) is 93.2 Å². The van der Waals surface area contributed by atoms with Gasteiger partial charge in [0, 0.05) is 32.6 Å². The van der Waals surface area contributed by atoms with Gasteiger partial charge in [-0.3, -0.25) is 9.59 Å². The maximum Gasteiger partial charge on any atom is 0.302 e. The van der Waals surface area contributed by atoms with E-state index in [1.54, 1.807) is 39.0 Å². The first kappa shape index (κ1) is 23.9. The molecule has 1 aromatic rings. The van der Waals surface area contributed by atoms with Gasteiger partial charge in [0.05, 0.1) is 18.0 Å². The summed E-state index contributed by atoms with van der Waals surface area (Å²) in [7, 11) is -3.62. The third kappa shape index (κ3) is 6.49. The monoisotopic (exact) mass is 414 g/mol. The minimum atomic E-state index is -3.62. The number of anilines is 1. The number of esters is 2. The van der Waals surface area contributed by atoms with E-state index in [9.17, 15) is 18.0 Å². The Morgan fingerprint density at radius 1 is 0.964 bits per heavy atom. The number of hydrogen-bond donors (Lipinski definition) is 0. The third-order valence-electron chi connectivity index (χ3n) is 4.25. The Morgan fingerprint density at radius 3 is 1.89 bits per heavy atom. The van der Waals surface area contributed by atoms with E-state index in [4.69, 9.17) is 9.47 Å². The van der Waals surface area contributed by atoms with Crippen molar-refractivity contribution in [3.63, 3.8) is 0 Å². The van der Waals surface area contributed by atoms with Crippen LogP contribution in [0.25, 0.3) is 0 Å². The zero-order chi connectivity index (χ0) is 21.3. The van der Waals surface area contributed by atoms with Gasteiger partial charge in [-0.25, -0.2) is 8.42 Å². The molecule has 0 saturated heterocycles. The molecule has 158 valence electrons. The molecular weight excluding hydrogens is 384 g/mol. The highest BCUT2D eigenvalue weighted by Gasteiger charge is 2.25. The molecule has 0 heterocycles. The van der Waals surface area contributed by atoms with Gasteiger partial charge in [0.1, 0.15) is 13.2 Å². The van der Waals surface area contributed by atoms with Crippen LogP contribution in [-0.4, -0.2) is 64.1 Å². The molecule has 9 heteroatoms. The Hall–Kier alpha value is -2.13. The lowest BCUT2D eigenvalue weighted by Crippen LogP contribution is -2.34. The van der Waals surface area contributed by atoms with Crippen LogP contribution < -0.4 is 4.90 Å². The van der Waals surface area contributed by atoms with Crippen LogP contribution in [0.5, 0.6) is 0 Å². The maximum absolute atomic E-state index is 13.0. The molecule has 0 amide bonds. The van der Waals surface area contributed by atoms with E-state index >= 15 is 0 Å². The first-order valence-corrected chi connectivity index (χ1v) is 10.7. The zero-order valence-corrected chi connectivity index (χ0v) is 18.0. The van der Waals surface area contributed by atoms with Gasteiger partial charge in [0.15, 0.2) is 0 Å². The first-order valence-electron chi connectivity index (χ1n) is 9.26. The number of sulfonamides is 1. The number of hydrogen-bond acceptors (Lipinski definition) is 7. The molecule has 0 unspecified atom stereocenters. The fourth-order valence-electron chi connectivity index (χ4n) is 2.88. The quantitative estimate of drug-likeness (QED) is 0.511. The van der Waals surface area contributed by atoms with E-state index in [0.29, 0.717) is 37.4 Å². The van der Waals surface area contributed by atoms with Crippen molar-refractivity contribution in [1.82, 2.24) is 4.31 Å². The lowest BCUT2D eigenvalue weighted by atomic mass is 10.2. The summed E-state index contributed by atoms with van der Waals surface area (Å²) >= 11 is 0. The number of carbonyl (C=O) groups excluding carboxylic acids is 2. The Bertz CT molecular complexity index is 755. The molecule has 0 aliphatic heterocycles. The summed E-state index contributed by atoms with van der Waals surface area (Å²) in [6.07, 6.45) is 0. The second kappa shape index (κ2) is 11.0. The maximum atomic E-state index is 13.0. The lowest BCUT2D eigenvalue weighted by Gasteiger charge is -2.28. The van der Waals surface area contributed by atoms with E-state index in [1.807, 2.05) is 4.90 Å². The van der Waals surface area contributed by atoms with Crippen molar-refractivity contribution >= 4 is 27.6 Å². The van der Waals surface area contributed by atoms with Crippen LogP contribution in [-0.2, 0) is 29.1 Å². The molecular formula is C19H30N2O6S. The summed E-state index contributed by atoms with van der Waals surface area (Å²) < 4.78 is 37.4. The standard InChI is InChI=1S/C19H30N2O6S/c1-6-21(7-2)28(24,25)19-10-8-9-18(15(19)3)20(11-13-26-16(4)22)12-14-27-17(5)23/h8-10H,6-7,11-14H2,1-5H3. The molecule has 1 aromatic carbocycles. The van der Waals surface area contributed by atoms with Crippen LogP contribution in [0.3, 0.4) is 0 Å². The van der Waals surface area contributed by atoms with Crippen molar-refractivity contribution in [1.29, 1.82) is 0 Å². The smallest absolute Gasteiger partial charge is 0.302 e. The molecule has 0 aliphatic rings. The first-order chi connectivity index (χ1) is 13.1. The van der Waals surface area contributed by atoms with Gasteiger partial charge in [0.2, 0.25) is 10.0 Å². The van der Waals surface area contributed by atoms with Crippen molar-refractivity contribution in [3.05, 3.63) is 23.8 Å². The van der Waals surface area contributed by atoms with Crippen molar-refractivity contribution in [2.45, 2.75) is 39.5 Å². The highest BCUT2D eigenvalue weighted by Crippen LogP contribution is 2.28. The molecule has 0 spiro atoms. The van der Waals surface area contributed by atoms with E-state index in [1.165, 1.54) is 18.2 Å². The molecule has 0 bridgehead atoms. The number of ether oxygens (including phenoxy) is 2. The average Bonchev–Trinajstić information content (AvgIpc) is 2.61. The Labute approximate surface area is 167 Å². The van der Waals surface area contributed by atoms with Gasteiger partial charge in [-0.1, -0.05) is 19.9 Å². The summed E-state index contributed by atoms with van der Waals surface area (Å²) in [4.78, 5) is 24.2. The van der Waals surface area contributed by atoms with Crippen molar-refractivity contribution < 1.29 is 27.5 Å². The van der Waals surface area contributed by atoms with Gasteiger partial charge >= 0.3 is 11.9 Å². The largest absolute Gasteiger partial charge is 0.464 e. The van der Waals surface area contributed by atoms with Crippen molar-refractivity contribution in [2.24, 2.45) is 0 Å². The summed E-state index contributed by atoms with van der Waals surface area (Å²) in [6.45, 7) is 9.72. The molecule has 0 atom stereocenters. The van der Waals surface area contributed by atoms with Crippen molar-refractivity contribution in [3.8, 4) is 0 Å². The highest BCUT2D eigenvalue weighted by molar-refractivity contribution is 7.89. The Balaban J connectivity index is 3.21. The molecule has 0 saturated carbocycles.